The maximum absolute atomic E-state index is 14.2. The number of hydroxylamine groups is 1. The Kier molecular flexibility index (Phi) is 8.93. The highest BCUT2D eigenvalue weighted by atomic mass is 35.5. The zero-order valence-electron chi connectivity index (χ0n) is 21.9. The molecule has 1 unspecified atom stereocenters. The molecule has 1 aliphatic heterocycles. The lowest BCUT2D eigenvalue weighted by atomic mass is 9.76. The minimum Gasteiger partial charge on any atom is -0.326 e. The summed E-state index contributed by atoms with van der Waals surface area (Å²) in [6, 6.07) is 14.9. The van der Waals surface area contributed by atoms with Crippen LogP contribution < -0.4 is 15.3 Å². The summed E-state index contributed by atoms with van der Waals surface area (Å²) >= 11 is 12.9. The minimum absolute atomic E-state index is 0.0267. The van der Waals surface area contributed by atoms with Crippen LogP contribution in [0.5, 0.6) is 0 Å². The third kappa shape index (κ3) is 6.56. The van der Waals surface area contributed by atoms with Gasteiger partial charge in [-0.3, -0.25) is 19.4 Å². The summed E-state index contributed by atoms with van der Waals surface area (Å²) in [5.41, 5.74) is 4.48. The van der Waals surface area contributed by atoms with Crippen LogP contribution in [0.1, 0.15) is 64.8 Å². The van der Waals surface area contributed by atoms with Crippen molar-refractivity contribution in [2.24, 2.45) is 5.14 Å². The number of nitrogens with one attached hydrogen (secondary N) is 2. The van der Waals surface area contributed by atoms with Crippen molar-refractivity contribution in [3.05, 3.63) is 99.3 Å². The molecule has 3 aromatic rings. The maximum Gasteiger partial charge on any atom is 0.274 e. The second-order valence-corrected chi connectivity index (χ2v) is 12.3. The van der Waals surface area contributed by atoms with Gasteiger partial charge < -0.3 is 4.90 Å². The van der Waals surface area contributed by atoms with Crippen LogP contribution in [0.25, 0.3) is 0 Å². The monoisotopic (exact) mass is 617 g/mol. The number of hydrogen-bond acceptors (Lipinski definition) is 6. The lowest BCUT2D eigenvalue weighted by Crippen LogP contribution is -2.59. The first-order chi connectivity index (χ1) is 19.6. The van der Waals surface area contributed by atoms with E-state index in [1.165, 1.54) is 0 Å². The third-order valence-electron chi connectivity index (χ3n) is 7.46. The summed E-state index contributed by atoms with van der Waals surface area (Å²) < 4.78 is 26.7. The number of halogens is 2. The SMILES string of the molecule is NS(=O)(=O)NC1CCCC[C@@H]1N1C(=O)c2ccccc2[C@@H](C(=O)NOCc2ccccn2)[C@@H]1c1ccc(Cl)cc1Cl. The minimum atomic E-state index is -4.07. The molecule has 0 radical (unpaired) electrons. The van der Waals surface area contributed by atoms with Crippen LogP contribution in [0, 0.1) is 0 Å². The number of pyridine rings is 1. The fourth-order valence-corrected chi connectivity index (χ4v) is 7.01. The van der Waals surface area contributed by atoms with Gasteiger partial charge in [0.2, 0.25) is 0 Å². The van der Waals surface area contributed by atoms with Gasteiger partial charge in [0.1, 0.15) is 6.61 Å². The Hall–Kier alpha value is -3.06. The van der Waals surface area contributed by atoms with Gasteiger partial charge >= 0.3 is 0 Å². The molecule has 2 heterocycles. The van der Waals surface area contributed by atoms with E-state index in [1.54, 1.807) is 65.7 Å². The zero-order valence-corrected chi connectivity index (χ0v) is 24.2. The average molecular weight is 619 g/mol. The Balaban J connectivity index is 1.60. The first-order valence-electron chi connectivity index (χ1n) is 13.1. The Morgan fingerprint density at radius 3 is 2.54 bits per heavy atom. The molecule has 4 atom stereocenters. The van der Waals surface area contributed by atoms with Crippen molar-refractivity contribution in [2.75, 3.05) is 0 Å². The predicted molar refractivity (Wildman–Crippen MR) is 154 cm³/mol. The van der Waals surface area contributed by atoms with Gasteiger partial charge in [-0.25, -0.2) is 10.6 Å². The Morgan fingerprint density at radius 1 is 1.05 bits per heavy atom. The summed E-state index contributed by atoms with van der Waals surface area (Å²) in [6.45, 7) is 0.0267. The number of nitrogens with zero attached hydrogens (tertiary/aromatic N) is 2. The zero-order chi connectivity index (χ0) is 29.1. The van der Waals surface area contributed by atoms with Gasteiger partial charge in [0.25, 0.3) is 22.0 Å². The molecule has 0 spiro atoms. The van der Waals surface area contributed by atoms with E-state index >= 15 is 0 Å². The highest BCUT2D eigenvalue weighted by Crippen LogP contribution is 2.47. The molecular weight excluding hydrogens is 589 g/mol. The lowest BCUT2D eigenvalue weighted by molar-refractivity contribution is -0.138. The standard InChI is InChI=1S/C28H29Cl2N5O5S/c29-17-12-13-21(22(30)15-17)26-25(27(36)33-40-16-18-7-5-6-14-32-18)19-8-1-2-9-20(19)28(37)35(26)24-11-4-3-10-23(24)34-41(31,38)39/h1-2,5-9,12-15,23-26,34H,3-4,10-11,16H2,(H,33,36)(H2,31,38,39)/t23?,24-,25+,26-/m0/s1. The van der Waals surface area contributed by atoms with E-state index < -0.39 is 40.2 Å². The number of nitrogens with two attached hydrogens (primary N) is 1. The second kappa shape index (κ2) is 12.4. The molecule has 2 amide bonds. The number of aromatic nitrogens is 1. The molecule has 10 nitrogen and oxygen atoms in total. The number of fused-ring (bicyclic) bond motifs is 1. The van der Waals surface area contributed by atoms with Crippen molar-refractivity contribution in [1.82, 2.24) is 20.1 Å². The maximum atomic E-state index is 14.2. The van der Waals surface area contributed by atoms with Crippen LogP contribution >= 0.6 is 23.2 Å². The molecule has 0 saturated heterocycles. The van der Waals surface area contributed by atoms with Crippen LogP contribution in [-0.4, -0.2) is 42.2 Å². The van der Waals surface area contributed by atoms with Crippen LogP contribution in [0.3, 0.4) is 0 Å². The quantitative estimate of drug-likeness (QED) is 0.326. The molecule has 1 fully saturated rings. The summed E-state index contributed by atoms with van der Waals surface area (Å²) in [5, 5.41) is 6.02. The van der Waals surface area contributed by atoms with Crippen molar-refractivity contribution < 1.29 is 22.8 Å². The van der Waals surface area contributed by atoms with Gasteiger partial charge in [0, 0.05) is 33.9 Å². The van der Waals surface area contributed by atoms with E-state index in [2.05, 4.69) is 15.2 Å². The molecule has 1 aliphatic carbocycles. The Bertz CT molecular complexity index is 1540. The summed E-state index contributed by atoms with van der Waals surface area (Å²) in [6.07, 6.45) is 4.09. The molecule has 1 saturated carbocycles. The van der Waals surface area contributed by atoms with Gasteiger partial charge in [-0.1, -0.05) is 66.4 Å². The first kappa shape index (κ1) is 29.4. The number of benzene rings is 2. The van der Waals surface area contributed by atoms with Crippen LogP contribution in [0.2, 0.25) is 10.0 Å². The molecule has 0 bridgehead atoms. The Morgan fingerprint density at radius 2 is 1.80 bits per heavy atom. The third-order valence-corrected chi connectivity index (χ3v) is 8.65. The van der Waals surface area contributed by atoms with Crippen LogP contribution in [-0.2, 0) is 26.4 Å². The molecule has 41 heavy (non-hydrogen) atoms. The normalized spacial score (nSPS) is 22.7. The fraction of sp³-hybridized carbons (Fsp3) is 0.321. The van der Waals surface area contributed by atoms with Crippen molar-refractivity contribution in [2.45, 2.75) is 56.3 Å². The molecule has 216 valence electrons. The summed E-state index contributed by atoms with van der Waals surface area (Å²) in [7, 11) is -4.07. The van der Waals surface area contributed by atoms with Crippen molar-refractivity contribution in [1.29, 1.82) is 0 Å². The largest absolute Gasteiger partial charge is 0.326 e. The van der Waals surface area contributed by atoms with Crippen LogP contribution in [0.4, 0.5) is 0 Å². The number of carbonyl (C=O) groups excluding carboxylic acids is 2. The van der Waals surface area contributed by atoms with Gasteiger partial charge in [-0.05, 0) is 54.3 Å². The smallest absolute Gasteiger partial charge is 0.274 e. The van der Waals surface area contributed by atoms with E-state index in [0.29, 0.717) is 40.2 Å². The van der Waals surface area contributed by atoms with Crippen molar-refractivity contribution in [3.8, 4) is 0 Å². The average Bonchev–Trinajstić information content (AvgIpc) is 2.93. The van der Waals surface area contributed by atoms with Crippen molar-refractivity contribution in [3.63, 3.8) is 0 Å². The van der Waals surface area contributed by atoms with Crippen molar-refractivity contribution >= 4 is 45.2 Å². The highest BCUT2D eigenvalue weighted by molar-refractivity contribution is 7.87. The molecule has 1 aromatic heterocycles. The van der Waals surface area contributed by atoms with E-state index in [0.717, 1.165) is 12.8 Å². The van der Waals surface area contributed by atoms with Crippen LogP contribution in [0.15, 0.2) is 66.9 Å². The number of hydrogen-bond donors (Lipinski definition) is 3. The van der Waals surface area contributed by atoms with Gasteiger partial charge in [0.15, 0.2) is 0 Å². The van der Waals surface area contributed by atoms with E-state index in [1.807, 2.05) is 6.07 Å². The molecule has 13 heteroatoms. The topological polar surface area (TPSA) is 144 Å². The summed E-state index contributed by atoms with van der Waals surface area (Å²) in [4.78, 5) is 39.5. The number of carbonyl (C=O) groups is 2. The number of rotatable bonds is 8. The lowest BCUT2D eigenvalue weighted by Gasteiger charge is -2.49. The first-order valence-corrected chi connectivity index (χ1v) is 15.4. The van der Waals surface area contributed by atoms with Gasteiger partial charge in [0.05, 0.1) is 17.7 Å². The second-order valence-electron chi connectivity index (χ2n) is 10.1. The molecule has 4 N–H and O–H groups in total. The predicted octanol–water partition coefficient (Wildman–Crippen LogP) is 4.02. The highest BCUT2D eigenvalue weighted by Gasteiger charge is 2.49. The van der Waals surface area contributed by atoms with E-state index in [4.69, 9.17) is 33.2 Å². The molecule has 5 rings (SSSR count). The molecular formula is C28H29Cl2N5O5S. The molecule has 2 aromatic carbocycles. The summed E-state index contributed by atoms with van der Waals surface area (Å²) in [5.74, 6) is -1.81. The van der Waals surface area contributed by atoms with E-state index in [9.17, 15) is 18.0 Å². The fourth-order valence-electron chi connectivity index (χ4n) is 5.79. The molecule has 2 aliphatic rings. The number of amides is 2. The Labute approximate surface area is 248 Å². The van der Waals surface area contributed by atoms with Gasteiger partial charge in [-0.2, -0.15) is 13.1 Å². The van der Waals surface area contributed by atoms with E-state index in [-0.39, 0.29) is 17.5 Å². The van der Waals surface area contributed by atoms with Gasteiger partial charge in [-0.15, -0.1) is 0 Å².